The minimum atomic E-state index is -0.406. The number of nitrogens with zero attached hydrogens (tertiary/aromatic N) is 2. The van der Waals surface area contributed by atoms with Crippen molar-refractivity contribution in [3.05, 3.63) is 66.2 Å². The zero-order chi connectivity index (χ0) is 20.1. The molecule has 0 spiro atoms. The zero-order valence-electron chi connectivity index (χ0n) is 16.4. The van der Waals surface area contributed by atoms with Gasteiger partial charge in [-0.25, -0.2) is 9.78 Å². The number of anilines is 3. The number of rotatable bonds is 6. The van der Waals surface area contributed by atoms with Crippen LogP contribution in [-0.2, 0) is 4.74 Å². The van der Waals surface area contributed by atoms with Crippen LogP contribution in [0.4, 0.5) is 17.5 Å². The van der Waals surface area contributed by atoms with Gasteiger partial charge in [0.15, 0.2) is 0 Å². The molecule has 0 radical (unpaired) electrons. The molecule has 1 aliphatic rings. The van der Waals surface area contributed by atoms with Gasteiger partial charge in [0.05, 0.1) is 24.1 Å². The fourth-order valence-electron chi connectivity index (χ4n) is 3.61. The number of aromatic nitrogens is 2. The monoisotopic (exact) mass is 388 g/mol. The third-order valence-electron chi connectivity index (χ3n) is 5.08. The van der Waals surface area contributed by atoms with Crippen molar-refractivity contribution in [2.45, 2.75) is 31.7 Å². The smallest absolute Gasteiger partial charge is 0.339 e. The standard InChI is InChI=1S/C23H24N4O2/c1-29-22(28)18-13-7-8-14-19(18)25-23-26-20(16-9-3-2-4-10-16)15-21(27-23)24-17-11-5-6-12-17/h2-4,7-10,13-15,17H,5-6,11-12H2,1H3,(H2,24,25,26,27). The molecular weight excluding hydrogens is 364 g/mol. The van der Waals surface area contributed by atoms with Crippen LogP contribution in [0.25, 0.3) is 11.3 Å². The normalized spacial score (nSPS) is 13.8. The van der Waals surface area contributed by atoms with Crippen molar-refractivity contribution in [1.82, 2.24) is 9.97 Å². The van der Waals surface area contributed by atoms with Crippen LogP contribution in [0, 0.1) is 0 Å². The van der Waals surface area contributed by atoms with E-state index in [2.05, 4.69) is 20.6 Å². The van der Waals surface area contributed by atoms with Crippen LogP contribution in [0.1, 0.15) is 36.0 Å². The number of esters is 1. The second-order valence-corrected chi connectivity index (χ2v) is 7.12. The van der Waals surface area contributed by atoms with Crippen LogP contribution in [-0.4, -0.2) is 29.1 Å². The Hall–Kier alpha value is -3.41. The first kappa shape index (κ1) is 18.9. The molecule has 6 nitrogen and oxygen atoms in total. The fourth-order valence-corrected chi connectivity index (χ4v) is 3.61. The van der Waals surface area contributed by atoms with Crippen molar-refractivity contribution >= 4 is 23.4 Å². The summed E-state index contributed by atoms with van der Waals surface area (Å²) in [5.41, 5.74) is 2.87. The topological polar surface area (TPSA) is 76.1 Å². The molecule has 0 saturated heterocycles. The molecule has 4 rings (SSSR count). The van der Waals surface area contributed by atoms with Crippen LogP contribution in [0.15, 0.2) is 60.7 Å². The number of carbonyl (C=O) groups is 1. The molecule has 1 fully saturated rings. The van der Waals surface area contributed by atoms with Gasteiger partial charge in [-0.05, 0) is 25.0 Å². The molecular formula is C23H24N4O2. The van der Waals surface area contributed by atoms with Gasteiger partial charge in [0.25, 0.3) is 0 Å². The second kappa shape index (κ2) is 8.73. The first-order valence-corrected chi connectivity index (χ1v) is 9.88. The molecule has 29 heavy (non-hydrogen) atoms. The Balaban J connectivity index is 1.69. The summed E-state index contributed by atoms with van der Waals surface area (Å²) in [7, 11) is 1.37. The predicted molar refractivity (Wildman–Crippen MR) is 114 cm³/mol. The summed E-state index contributed by atoms with van der Waals surface area (Å²) < 4.78 is 4.89. The minimum Gasteiger partial charge on any atom is -0.465 e. The van der Waals surface area contributed by atoms with Gasteiger partial charge >= 0.3 is 5.97 Å². The van der Waals surface area contributed by atoms with Crippen molar-refractivity contribution in [2.24, 2.45) is 0 Å². The third kappa shape index (κ3) is 4.54. The Morgan fingerprint density at radius 3 is 2.48 bits per heavy atom. The molecule has 3 aromatic rings. The average Bonchev–Trinajstić information content (AvgIpc) is 3.27. The van der Waals surface area contributed by atoms with Crippen LogP contribution in [0.2, 0.25) is 0 Å². The third-order valence-corrected chi connectivity index (χ3v) is 5.08. The molecule has 1 saturated carbocycles. The highest BCUT2D eigenvalue weighted by molar-refractivity contribution is 5.96. The van der Waals surface area contributed by atoms with Crippen LogP contribution in [0.5, 0.6) is 0 Å². The largest absolute Gasteiger partial charge is 0.465 e. The molecule has 0 bridgehead atoms. The van der Waals surface area contributed by atoms with Crippen LogP contribution in [0.3, 0.4) is 0 Å². The van der Waals surface area contributed by atoms with Gasteiger partial charge in [-0.1, -0.05) is 55.3 Å². The number of carbonyl (C=O) groups excluding carboxylic acids is 1. The van der Waals surface area contributed by atoms with Gasteiger partial charge in [0.2, 0.25) is 5.95 Å². The molecule has 0 unspecified atom stereocenters. The second-order valence-electron chi connectivity index (χ2n) is 7.12. The molecule has 2 aromatic carbocycles. The van der Waals surface area contributed by atoms with E-state index in [9.17, 15) is 4.79 Å². The summed E-state index contributed by atoms with van der Waals surface area (Å²) in [6.45, 7) is 0. The Morgan fingerprint density at radius 2 is 1.72 bits per heavy atom. The Bertz CT molecular complexity index is 985. The number of nitrogens with one attached hydrogen (secondary N) is 2. The van der Waals surface area contributed by atoms with E-state index in [1.165, 1.54) is 20.0 Å². The van der Waals surface area contributed by atoms with Crippen LogP contribution >= 0.6 is 0 Å². The van der Waals surface area contributed by atoms with Gasteiger partial charge in [0.1, 0.15) is 5.82 Å². The lowest BCUT2D eigenvalue weighted by Gasteiger charge is -2.16. The number of hydrogen-bond donors (Lipinski definition) is 2. The van der Waals surface area contributed by atoms with Gasteiger partial charge in [-0.15, -0.1) is 0 Å². The Kier molecular flexibility index (Phi) is 5.70. The van der Waals surface area contributed by atoms with E-state index in [1.54, 1.807) is 12.1 Å². The lowest BCUT2D eigenvalue weighted by molar-refractivity contribution is 0.0602. The van der Waals surface area contributed by atoms with E-state index in [1.807, 2.05) is 48.5 Å². The molecule has 1 aromatic heterocycles. The van der Waals surface area contributed by atoms with E-state index < -0.39 is 5.97 Å². The van der Waals surface area contributed by atoms with E-state index in [-0.39, 0.29) is 0 Å². The summed E-state index contributed by atoms with van der Waals surface area (Å²) in [6, 6.07) is 19.6. The highest BCUT2D eigenvalue weighted by atomic mass is 16.5. The number of ether oxygens (including phenoxy) is 1. The first-order valence-electron chi connectivity index (χ1n) is 9.88. The van der Waals surface area contributed by atoms with Gasteiger partial charge in [-0.3, -0.25) is 0 Å². The predicted octanol–water partition coefficient (Wildman–Crippen LogP) is 5.03. The molecule has 0 aliphatic heterocycles. The molecule has 2 N–H and O–H groups in total. The van der Waals surface area contributed by atoms with E-state index in [0.717, 1.165) is 29.9 Å². The number of hydrogen-bond acceptors (Lipinski definition) is 6. The maximum absolute atomic E-state index is 12.1. The fraction of sp³-hybridized carbons (Fsp3) is 0.261. The first-order chi connectivity index (χ1) is 14.2. The number of para-hydroxylation sites is 1. The summed E-state index contributed by atoms with van der Waals surface area (Å²) in [5.74, 6) is 0.809. The Morgan fingerprint density at radius 1 is 1.00 bits per heavy atom. The van der Waals surface area contributed by atoms with Gasteiger partial charge in [-0.2, -0.15) is 4.98 Å². The molecule has 0 atom stereocenters. The van der Waals surface area contributed by atoms with Crippen molar-refractivity contribution in [2.75, 3.05) is 17.7 Å². The SMILES string of the molecule is COC(=O)c1ccccc1Nc1nc(NC2CCCC2)cc(-c2ccccc2)n1. The summed E-state index contributed by atoms with van der Waals surface area (Å²) in [4.78, 5) is 21.4. The summed E-state index contributed by atoms with van der Waals surface area (Å²) >= 11 is 0. The minimum absolute atomic E-state index is 0.406. The maximum atomic E-state index is 12.1. The van der Waals surface area contributed by atoms with Crippen molar-refractivity contribution in [3.8, 4) is 11.3 Å². The molecule has 0 amide bonds. The quantitative estimate of drug-likeness (QED) is 0.577. The summed E-state index contributed by atoms with van der Waals surface area (Å²) in [5, 5.41) is 6.74. The zero-order valence-corrected chi connectivity index (χ0v) is 16.4. The number of benzene rings is 2. The van der Waals surface area contributed by atoms with Gasteiger partial charge in [0, 0.05) is 17.7 Å². The average molecular weight is 388 g/mol. The van der Waals surface area contributed by atoms with Gasteiger partial charge < -0.3 is 15.4 Å². The van der Waals surface area contributed by atoms with E-state index in [0.29, 0.717) is 23.2 Å². The summed E-state index contributed by atoms with van der Waals surface area (Å²) in [6.07, 6.45) is 4.79. The highest BCUT2D eigenvalue weighted by Crippen LogP contribution is 2.27. The van der Waals surface area contributed by atoms with E-state index >= 15 is 0 Å². The van der Waals surface area contributed by atoms with Crippen LogP contribution < -0.4 is 10.6 Å². The van der Waals surface area contributed by atoms with E-state index in [4.69, 9.17) is 4.74 Å². The molecule has 1 aliphatic carbocycles. The highest BCUT2D eigenvalue weighted by Gasteiger charge is 2.17. The Labute approximate surface area is 170 Å². The lowest BCUT2D eigenvalue weighted by Crippen LogP contribution is -2.16. The van der Waals surface area contributed by atoms with Crippen molar-refractivity contribution in [1.29, 1.82) is 0 Å². The van der Waals surface area contributed by atoms with Crippen molar-refractivity contribution in [3.63, 3.8) is 0 Å². The molecule has 6 heteroatoms. The maximum Gasteiger partial charge on any atom is 0.339 e. The molecule has 148 valence electrons. The number of methoxy groups -OCH3 is 1. The molecule has 1 heterocycles. The lowest BCUT2D eigenvalue weighted by atomic mass is 10.1. The van der Waals surface area contributed by atoms with Crippen molar-refractivity contribution < 1.29 is 9.53 Å².